The molecule has 0 spiro atoms. The second-order valence-electron chi connectivity index (χ2n) is 6.78. The summed E-state index contributed by atoms with van der Waals surface area (Å²) in [5, 5.41) is 20.4. The highest BCUT2D eigenvalue weighted by Gasteiger charge is 2.30. The number of aromatic nitrogens is 1. The predicted octanol–water partition coefficient (Wildman–Crippen LogP) is 3.02. The van der Waals surface area contributed by atoms with Gasteiger partial charge in [0.1, 0.15) is 0 Å². The third-order valence-corrected chi connectivity index (χ3v) is 5.49. The van der Waals surface area contributed by atoms with Crippen molar-refractivity contribution in [3.8, 4) is 0 Å². The molecule has 2 aromatic rings. The van der Waals surface area contributed by atoms with Crippen molar-refractivity contribution in [1.82, 2.24) is 9.88 Å². The molecule has 0 amide bonds. The Kier molecular flexibility index (Phi) is 5.39. The van der Waals surface area contributed by atoms with Gasteiger partial charge >= 0.3 is 0 Å². The van der Waals surface area contributed by atoms with Gasteiger partial charge in [-0.05, 0) is 56.4 Å². The molecule has 1 aromatic heterocycles. The summed E-state index contributed by atoms with van der Waals surface area (Å²) in [6, 6.07) is 8.80. The van der Waals surface area contributed by atoms with E-state index < -0.39 is 0 Å². The monoisotopic (exact) mass is 328 g/mol. The van der Waals surface area contributed by atoms with E-state index in [2.05, 4.69) is 41.2 Å². The summed E-state index contributed by atoms with van der Waals surface area (Å²) in [5.74, 6) is 0.204. The van der Waals surface area contributed by atoms with Gasteiger partial charge in [0.2, 0.25) is 0 Å². The van der Waals surface area contributed by atoms with E-state index in [0.717, 1.165) is 25.0 Å². The Morgan fingerprint density at radius 3 is 2.88 bits per heavy atom. The van der Waals surface area contributed by atoms with Gasteiger partial charge in [-0.25, -0.2) is 0 Å². The number of hydrogen-bond acceptors (Lipinski definition) is 3. The minimum absolute atomic E-state index is 0.0666. The van der Waals surface area contributed by atoms with Crippen molar-refractivity contribution in [3.63, 3.8) is 0 Å². The van der Waals surface area contributed by atoms with Gasteiger partial charge in [0, 0.05) is 29.7 Å². The highest BCUT2D eigenvalue weighted by molar-refractivity contribution is 5.85. The number of likely N-dealkylation sites (N-methyl/N-ethyl adjacent to an activating group) is 1. The first-order valence-corrected chi connectivity index (χ1v) is 8.86. The van der Waals surface area contributed by atoms with E-state index in [1.54, 1.807) is 0 Å². The van der Waals surface area contributed by atoms with E-state index in [1.165, 1.54) is 22.2 Å². The number of para-hydroxylation sites is 1. The number of aliphatic hydroxyl groups is 2. The lowest BCUT2D eigenvalue weighted by Crippen LogP contribution is -2.34. The van der Waals surface area contributed by atoms with Crippen molar-refractivity contribution in [2.45, 2.75) is 32.2 Å². The van der Waals surface area contributed by atoms with Crippen LogP contribution in [0.4, 0.5) is 0 Å². The normalized spacial score (nSPS) is 20.3. The molecule has 0 saturated carbocycles. The van der Waals surface area contributed by atoms with Crippen LogP contribution in [0, 0.1) is 5.92 Å². The fraction of sp³-hybridized carbons (Fsp3) is 0.500. The Morgan fingerprint density at radius 1 is 1.38 bits per heavy atom. The SMILES string of the molecule is CC=C(CO)C(CCO)CC1c2[nH]c3ccccc3c2CCN1C. The molecule has 0 saturated heterocycles. The number of aromatic amines is 1. The smallest absolute Gasteiger partial charge is 0.0644 e. The third kappa shape index (κ3) is 3.14. The van der Waals surface area contributed by atoms with Crippen LogP contribution in [0.5, 0.6) is 0 Å². The highest BCUT2D eigenvalue weighted by Crippen LogP contribution is 2.38. The van der Waals surface area contributed by atoms with Crippen molar-refractivity contribution >= 4 is 10.9 Å². The van der Waals surface area contributed by atoms with E-state index in [-0.39, 0.29) is 19.1 Å². The molecule has 1 aromatic carbocycles. The molecule has 2 heterocycles. The number of H-pyrrole nitrogens is 1. The first-order valence-electron chi connectivity index (χ1n) is 8.86. The van der Waals surface area contributed by atoms with Crippen LogP contribution in [-0.4, -0.2) is 46.9 Å². The second-order valence-corrected chi connectivity index (χ2v) is 6.78. The molecular weight excluding hydrogens is 300 g/mol. The lowest BCUT2D eigenvalue weighted by molar-refractivity contribution is 0.177. The predicted molar refractivity (Wildman–Crippen MR) is 98.0 cm³/mol. The molecule has 3 rings (SSSR count). The average Bonchev–Trinajstić information content (AvgIpc) is 2.97. The number of benzene rings is 1. The van der Waals surface area contributed by atoms with Crippen LogP contribution in [-0.2, 0) is 6.42 Å². The number of aliphatic hydroxyl groups excluding tert-OH is 2. The zero-order valence-electron chi connectivity index (χ0n) is 14.6. The summed E-state index contributed by atoms with van der Waals surface area (Å²) >= 11 is 0. The van der Waals surface area contributed by atoms with Gasteiger partial charge in [-0.1, -0.05) is 24.3 Å². The Morgan fingerprint density at radius 2 is 2.17 bits per heavy atom. The Bertz CT molecular complexity index is 719. The molecule has 4 heteroatoms. The lowest BCUT2D eigenvalue weighted by atomic mass is 9.85. The van der Waals surface area contributed by atoms with Crippen molar-refractivity contribution < 1.29 is 10.2 Å². The van der Waals surface area contributed by atoms with Crippen molar-refractivity contribution in [2.24, 2.45) is 5.92 Å². The second kappa shape index (κ2) is 7.51. The first kappa shape index (κ1) is 17.2. The summed E-state index contributed by atoms with van der Waals surface area (Å²) < 4.78 is 0. The number of nitrogens with zero attached hydrogens (tertiary/aromatic N) is 1. The molecule has 0 fully saturated rings. The van der Waals surface area contributed by atoms with E-state index in [0.29, 0.717) is 12.5 Å². The van der Waals surface area contributed by atoms with Crippen LogP contribution in [0.25, 0.3) is 10.9 Å². The van der Waals surface area contributed by atoms with Crippen molar-refractivity contribution in [1.29, 1.82) is 0 Å². The molecule has 0 radical (unpaired) electrons. The van der Waals surface area contributed by atoms with Gasteiger partial charge in [0.05, 0.1) is 12.6 Å². The van der Waals surface area contributed by atoms with E-state index >= 15 is 0 Å². The fourth-order valence-corrected chi connectivity index (χ4v) is 4.07. The van der Waals surface area contributed by atoms with Crippen LogP contribution in [0.15, 0.2) is 35.9 Å². The maximum atomic E-state index is 9.66. The maximum absolute atomic E-state index is 9.66. The van der Waals surface area contributed by atoms with Crippen molar-refractivity contribution in [3.05, 3.63) is 47.2 Å². The summed E-state index contributed by atoms with van der Waals surface area (Å²) in [4.78, 5) is 6.03. The highest BCUT2D eigenvalue weighted by atomic mass is 16.3. The topological polar surface area (TPSA) is 59.5 Å². The molecule has 3 N–H and O–H groups in total. The molecule has 130 valence electrons. The third-order valence-electron chi connectivity index (χ3n) is 5.49. The van der Waals surface area contributed by atoms with Crippen LogP contribution >= 0.6 is 0 Å². The number of nitrogens with one attached hydrogen (secondary N) is 1. The minimum Gasteiger partial charge on any atom is -0.396 e. The molecule has 0 bridgehead atoms. The van der Waals surface area contributed by atoms with Gasteiger partial charge in [-0.2, -0.15) is 0 Å². The summed E-state index contributed by atoms with van der Waals surface area (Å²) in [6.07, 6.45) is 4.67. The average molecular weight is 328 g/mol. The van der Waals surface area contributed by atoms with Gasteiger partial charge in [-0.15, -0.1) is 0 Å². The summed E-state index contributed by atoms with van der Waals surface area (Å²) in [6.45, 7) is 3.22. The minimum atomic E-state index is 0.0666. The molecule has 1 aliphatic rings. The zero-order valence-corrected chi connectivity index (χ0v) is 14.6. The number of hydrogen-bond donors (Lipinski definition) is 3. The molecule has 2 atom stereocenters. The Balaban J connectivity index is 1.95. The largest absolute Gasteiger partial charge is 0.396 e. The van der Waals surface area contributed by atoms with Gasteiger partial charge in [0.25, 0.3) is 0 Å². The van der Waals surface area contributed by atoms with Crippen LogP contribution in [0.1, 0.15) is 37.1 Å². The lowest BCUT2D eigenvalue weighted by Gasteiger charge is -2.35. The summed E-state index contributed by atoms with van der Waals surface area (Å²) in [5.41, 5.74) is 4.97. The van der Waals surface area contributed by atoms with Crippen molar-refractivity contribution in [2.75, 3.05) is 26.8 Å². The number of fused-ring (bicyclic) bond motifs is 3. The summed E-state index contributed by atoms with van der Waals surface area (Å²) in [7, 11) is 2.17. The molecule has 2 unspecified atom stereocenters. The number of rotatable bonds is 6. The molecule has 1 aliphatic heterocycles. The van der Waals surface area contributed by atoms with Gasteiger partial charge < -0.3 is 15.2 Å². The molecule has 0 aliphatic carbocycles. The number of allylic oxidation sites excluding steroid dienone is 1. The van der Waals surface area contributed by atoms with E-state index in [9.17, 15) is 10.2 Å². The first-order chi connectivity index (χ1) is 11.7. The Hall–Kier alpha value is -1.62. The van der Waals surface area contributed by atoms with Crippen LogP contribution < -0.4 is 0 Å². The molecular formula is C20H28N2O2. The maximum Gasteiger partial charge on any atom is 0.0644 e. The quantitative estimate of drug-likeness (QED) is 0.714. The standard InChI is InChI=1S/C20H28N2O2/c1-3-14(13-24)15(9-11-23)12-19-20-17(8-10-22(19)2)16-6-4-5-7-18(16)21-20/h3-7,15,19,21,23-24H,8-13H2,1-2H3. The molecule has 4 nitrogen and oxygen atoms in total. The van der Waals surface area contributed by atoms with E-state index in [4.69, 9.17) is 0 Å². The van der Waals surface area contributed by atoms with Crippen LogP contribution in [0.2, 0.25) is 0 Å². The van der Waals surface area contributed by atoms with Gasteiger partial charge in [0.15, 0.2) is 0 Å². The van der Waals surface area contributed by atoms with Gasteiger partial charge in [-0.3, -0.25) is 4.90 Å². The molecule has 24 heavy (non-hydrogen) atoms. The fourth-order valence-electron chi connectivity index (χ4n) is 4.07. The zero-order chi connectivity index (χ0) is 17.1. The Labute approximate surface area is 143 Å². The van der Waals surface area contributed by atoms with E-state index in [1.807, 2.05) is 13.0 Å². The van der Waals surface area contributed by atoms with Crippen LogP contribution in [0.3, 0.4) is 0 Å².